The van der Waals surface area contributed by atoms with Crippen LogP contribution in [0, 0.1) is 46.8 Å². The molecule has 7 heteroatoms. The Hall–Kier alpha value is -0.570. The molecule has 0 unspecified atom stereocenters. The Morgan fingerprint density at radius 2 is 1.68 bits per heavy atom. The number of carbonyl (C=O) groups is 1. The van der Waals surface area contributed by atoms with Crippen molar-refractivity contribution in [1.82, 2.24) is 4.90 Å². The normalized spacial score (nSPS) is 61.6. The minimum atomic E-state index is -1.32. The molecule has 34 heavy (non-hydrogen) atoms. The third kappa shape index (κ3) is 2.94. The molecular weight excluding hydrogens is 434 g/mol. The Bertz CT molecular complexity index is 864. The number of rotatable bonds is 0. The summed E-state index contributed by atoms with van der Waals surface area (Å²) in [6, 6.07) is 0.0170. The minimum Gasteiger partial charge on any atom is -0.393 e. The molecule has 7 nitrogen and oxygen atoms in total. The molecule has 0 amide bonds. The largest absolute Gasteiger partial charge is 0.393 e. The van der Waals surface area contributed by atoms with Crippen LogP contribution in [-0.4, -0.2) is 84.9 Å². The molecule has 5 N–H and O–H groups in total. The lowest BCUT2D eigenvalue weighted by Crippen LogP contribution is -2.72. The van der Waals surface area contributed by atoms with E-state index in [1.807, 2.05) is 6.92 Å². The third-order valence-corrected chi connectivity index (χ3v) is 11.9. The van der Waals surface area contributed by atoms with E-state index in [4.69, 9.17) is 0 Å². The number of aliphatic hydroxyl groups excluding tert-OH is 3. The van der Waals surface area contributed by atoms with Crippen molar-refractivity contribution in [2.45, 2.75) is 101 Å². The van der Waals surface area contributed by atoms with Crippen LogP contribution in [0.1, 0.15) is 65.7 Å². The monoisotopic (exact) mass is 477 g/mol. The predicted octanol–water partition coefficient (Wildman–Crippen LogP) is 0.943. The number of Topliss-reactive ketones (excluding diaryl/α,β-unsaturated/α-hetero) is 1. The Labute approximate surface area is 202 Å². The Morgan fingerprint density at radius 1 is 0.941 bits per heavy atom. The van der Waals surface area contributed by atoms with Crippen molar-refractivity contribution in [3.05, 3.63) is 0 Å². The maximum Gasteiger partial charge on any atom is 0.165 e. The van der Waals surface area contributed by atoms with Gasteiger partial charge in [0.25, 0.3) is 0 Å². The molecule has 0 aromatic carbocycles. The van der Waals surface area contributed by atoms with Crippen LogP contribution < -0.4 is 0 Å². The first kappa shape index (κ1) is 23.8. The summed E-state index contributed by atoms with van der Waals surface area (Å²) >= 11 is 0. The molecule has 4 aliphatic carbocycles. The summed E-state index contributed by atoms with van der Waals surface area (Å²) in [5, 5.41) is 57.1. The van der Waals surface area contributed by atoms with E-state index in [0.717, 1.165) is 25.9 Å². The number of piperidine rings is 2. The van der Waals surface area contributed by atoms with Gasteiger partial charge in [0, 0.05) is 43.3 Å². The highest BCUT2D eigenvalue weighted by atomic mass is 16.3. The van der Waals surface area contributed by atoms with E-state index >= 15 is 0 Å². The molecule has 6 rings (SSSR count). The van der Waals surface area contributed by atoms with Gasteiger partial charge in [-0.05, 0) is 74.5 Å². The average Bonchev–Trinajstić information content (AvgIpc) is 3.06. The smallest absolute Gasteiger partial charge is 0.165 e. The second-order valence-corrected chi connectivity index (χ2v) is 13.6. The standard InChI is InChI=1S/C27H43NO6/c1-13-4-5-20-26(3,33)21-15(12-28(20)11-13)16-9-17-22(27(16,34)10-19(21)30)24(32)23(31)18-8-14(29)6-7-25(17,18)2/h13-22,24,29-30,32-34H,4-12H2,1-3H3/t13-,14+,15+,16-,17-,18+,19-,20-,21+,22-,24-,25+,26+,27-/m0/s1. The van der Waals surface area contributed by atoms with Crippen molar-refractivity contribution >= 4 is 5.78 Å². The lowest BCUT2D eigenvalue weighted by atomic mass is 9.50. The Morgan fingerprint density at radius 3 is 2.41 bits per heavy atom. The molecule has 0 radical (unpaired) electrons. The number of hydrogen-bond donors (Lipinski definition) is 5. The van der Waals surface area contributed by atoms with Crippen molar-refractivity contribution in [2.24, 2.45) is 46.8 Å². The van der Waals surface area contributed by atoms with Gasteiger partial charge < -0.3 is 25.5 Å². The van der Waals surface area contributed by atoms with Crippen molar-refractivity contribution in [3.63, 3.8) is 0 Å². The van der Waals surface area contributed by atoms with Gasteiger partial charge in [-0.2, -0.15) is 0 Å². The van der Waals surface area contributed by atoms with Crippen LogP contribution in [0.2, 0.25) is 0 Å². The van der Waals surface area contributed by atoms with Crippen molar-refractivity contribution in [3.8, 4) is 0 Å². The second kappa shape index (κ2) is 7.48. The Balaban J connectivity index is 1.40. The number of ketones is 1. The number of nitrogens with zero attached hydrogens (tertiary/aromatic N) is 1. The van der Waals surface area contributed by atoms with Gasteiger partial charge >= 0.3 is 0 Å². The van der Waals surface area contributed by atoms with E-state index < -0.39 is 41.3 Å². The van der Waals surface area contributed by atoms with E-state index in [1.54, 1.807) is 0 Å². The van der Waals surface area contributed by atoms with Crippen LogP contribution in [0.4, 0.5) is 0 Å². The maximum atomic E-state index is 13.4. The lowest BCUT2D eigenvalue weighted by molar-refractivity contribution is -0.244. The molecule has 2 heterocycles. The van der Waals surface area contributed by atoms with E-state index in [2.05, 4.69) is 18.7 Å². The van der Waals surface area contributed by atoms with Crippen molar-refractivity contribution in [2.75, 3.05) is 13.1 Å². The van der Waals surface area contributed by atoms with Gasteiger partial charge in [0.2, 0.25) is 0 Å². The summed E-state index contributed by atoms with van der Waals surface area (Å²) < 4.78 is 0. The van der Waals surface area contributed by atoms with Gasteiger partial charge in [0.05, 0.1) is 23.4 Å². The molecule has 6 fully saturated rings. The Kier molecular flexibility index (Phi) is 5.24. The van der Waals surface area contributed by atoms with Crippen LogP contribution in [-0.2, 0) is 4.79 Å². The summed E-state index contributed by atoms with van der Waals surface area (Å²) in [6.45, 7) is 7.90. The molecular formula is C27H43NO6. The fraction of sp³-hybridized carbons (Fsp3) is 0.963. The van der Waals surface area contributed by atoms with Gasteiger partial charge in [-0.15, -0.1) is 0 Å². The van der Waals surface area contributed by atoms with E-state index in [9.17, 15) is 30.3 Å². The first-order chi connectivity index (χ1) is 15.9. The summed E-state index contributed by atoms with van der Waals surface area (Å²) in [5.41, 5.74) is -2.74. The molecule has 14 atom stereocenters. The summed E-state index contributed by atoms with van der Waals surface area (Å²) in [4.78, 5) is 15.8. The van der Waals surface area contributed by atoms with E-state index in [0.29, 0.717) is 31.6 Å². The zero-order valence-corrected chi connectivity index (χ0v) is 20.8. The number of fused-ring (bicyclic) bond motifs is 8. The summed E-state index contributed by atoms with van der Waals surface area (Å²) in [6.07, 6.45) is 1.87. The minimum absolute atomic E-state index is 0.0170. The highest BCUT2D eigenvalue weighted by molar-refractivity contribution is 5.88. The second-order valence-electron chi connectivity index (χ2n) is 13.6. The first-order valence-corrected chi connectivity index (χ1v) is 13.7. The molecule has 0 aromatic heterocycles. The quantitative estimate of drug-likeness (QED) is 0.352. The summed E-state index contributed by atoms with van der Waals surface area (Å²) in [5.74, 6) is -1.30. The highest BCUT2D eigenvalue weighted by Gasteiger charge is 2.73. The molecule has 4 saturated carbocycles. The third-order valence-electron chi connectivity index (χ3n) is 11.9. The van der Waals surface area contributed by atoms with Gasteiger partial charge in [-0.3, -0.25) is 9.69 Å². The molecule has 0 spiro atoms. The van der Waals surface area contributed by atoms with Crippen molar-refractivity contribution < 1.29 is 30.3 Å². The van der Waals surface area contributed by atoms with E-state index in [-0.39, 0.29) is 47.3 Å². The van der Waals surface area contributed by atoms with Gasteiger partial charge in [0.15, 0.2) is 5.78 Å². The topological polar surface area (TPSA) is 121 Å². The lowest BCUT2D eigenvalue weighted by Gasteiger charge is -2.62. The fourth-order valence-electron chi connectivity index (χ4n) is 10.5. The molecule has 192 valence electrons. The summed E-state index contributed by atoms with van der Waals surface area (Å²) in [7, 11) is 0. The van der Waals surface area contributed by atoms with Gasteiger partial charge in [-0.25, -0.2) is 0 Å². The van der Waals surface area contributed by atoms with Crippen LogP contribution in [0.5, 0.6) is 0 Å². The number of hydrogen-bond acceptors (Lipinski definition) is 7. The number of carbonyl (C=O) groups excluding carboxylic acids is 1. The van der Waals surface area contributed by atoms with Crippen LogP contribution in [0.15, 0.2) is 0 Å². The van der Waals surface area contributed by atoms with Crippen LogP contribution in [0.25, 0.3) is 0 Å². The molecule has 2 saturated heterocycles. The highest BCUT2D eigenvalue weighted by Crippen LogP contribution is 2.68. The van der Waals surface area contributed by atoms with Crippen LogP contribution >= 0.6 is 0 Å². The van der Waals surface area contributed by atoms with Gasteiger partial charge in [0.1, 0.15) is 6.10 Å². The van der Waals surface area contributed by atoms with Crippen molar-refractivity contribution in [1.29, 1.82) is 0 Å². The molecule has 2 aliphatic heterocycles. The molecule has 0 aromatic rings. The SMILES string of the molecule is C[C@H]1CC[C@@H]2N(C1)C[C@H]1[C@H]([C@@H](O)C[C@@]3(O)[C@@H]4[C@H](O)C(=O)[C@H]5C[C@H](O)CC[C@]5(C)[C@H]4C[C@@H]13)[C@]2(C)O. The first-order valence-electron chi connectivity index (χ1n) is 13.7. The zero-order chi connectivity index (χ0) is 24.4. The zero-order valence-electron chi connectivity index (χ0n) is 20.8. The van der Waals surface area contributed by atoms with Gasteiger partial charge in [-0.1, -0.05) is 13.8 Å². The average molecular weight is 478 g/mol. The van der Waals surface area contributed by atoms with E-state index in [1.165, 1.54) is 0 Å². The maximum absolute atomic E-state index is 13.4. The fourth-order valence-corrected chi connectivity index (χ4v) is 10.5. The molecule has 6 aliphatic rings. The number of aliphatic hydroxyl groups is 5. The molecule has 0 bridgehead atoms. The predicted molar refractivity (Wildman–Crippen MR) is 124 cm³/mol. The van der Waals surface area contributed by atoms with Crippen LogP contribution in [0.3, 0.4) is 0 Å².